The smallest absolute Gasteiger partial charge is 0.135 e. The molecule has 0 aliphatic carbocycles. The van der Waals surface area contributed by atoms with Gasteiger partial charge in [0.25, 0.3) is 0 Å². The number of anilines is 1. The molecule has 0 saturated heterocycles. The van der Waals surface area contributed by atoms with E-state index in [1.54, 1.807) is 26.7 Å². The fourth-order valence-electron chi connectivity index (χ4n) is 3.04. The van der Waals surface area contributed by atoms with E-state index in [0.717, 1.165) is 16.0 Å². The monoisotopic (exact) mass is 406 g/mol. The summed E-state index contributed by atoms with van der Waals surface area (Å²) < 4.78 is 0.991. The van der Waals surface area contributed by atoms with Crippen LogP contribution in [0.1, 0.15) is 24.3 Å². The highest BCUT2D eigenvalue weighted by Gasteiger charge is 2.33. The zero-order valence-corrected chi connectivity index (χ0v) is 17.1. The van der Waals surface area contributed by atoms with Crippen LogP contribution in [0.4, 0.5) is 11.4 Å². The molecule has 25 heavy (non-hydrogen) atoms. The quantitative estimate of drug-likeness (QED) is 0.432. The van der Waals surface area contributed by atoms with Crippen LogP contribution in [0.3, 0.4) is 0 Å². The largest absolute Gasteiger partial charge is 0.375 e. The highest BCUT2D eigenvalue weighted by molar-refractivity contribution is 7.68. The normalized spacial score (nSPS) is 15.5. The lowest BCUT2D eigenvalue weighted by Crippen LogP contribution is -2.31. The molecule has 128 valence electrons. The second-order valence-electron chi connectivity index (χ2n) is 6.68. The zero-order valence-electron chi connectivity index (χ0n) is 14.0. The molecule has 2 nitrogen and oxygen atoms in total. The van der Waals surface area contributed by atoms with Crippen molar-refractivity contribution < 1.29 is 0 Å². The van der Waals surface area contributed by atoms with Crippen LogP contribution in [0.2, 0.25) is 10.0 Å². The molecule has 3 aromatic rings. The van der Waals surface area contributed by atoms with Crippen LogP contribution in [0.5, 0.6) is 0 Å². The number of fused-ring (bicyclic) bond motifs is 3. The van der Waals surface area contributed by atoms with Gasteiger partial charge in [0, 0.05) is 21.8 Å². The third-order valence-corrected chi connectivity index (χ3v) is 7.41. The fourth-order valence-corrected chi connectivity index (χ4v) is 6.42. The Bertz CT molecular complexity index is 1050. The average molecular weight is 407 g/mol. The van der Waals surface area contributed by atoms with Crippen molar-refractivity contribution >= 4 is 55.3 Å². The topological polar surface area (TPSA) is 24.4 Å². The van der Waals surface area contributed by atoms with Gasteiger partial charge in [-0.2, -0.15) is 0 Å². The van der Waals surface area contributed by atoms with Crippen molar-refractivity contribution in [1.82, 2.24) is 0 Å². The van der Waals surface area contributed by atoms with Gasteiger partial charge in [-0.25, -0.2) is 4.99 Å². The molecule has 1 aromatic heterocycles. The van der Waals surface area contributed by atoms with Crippen molar-refractivity contribution in [3.63, 3.8) is 0 Å². The summed E-state index contributed by atoms with van der Waals surface area (Å²) >= 11 is 12.3. The first-order valence-electron chi connectivity index (χ1n) is 7.88. The summed E-state index contributed by atoms with van der Waals surface area (Å²) in [5.74, 6) is 0. The lowest BCUT2D eigenvalue weighted by Gasteiger charge is -2.33. The van der Waals surface area contributed by atoms with Gasteiger partial charge in [0.05, 0.1) is 21.1 Å². The maximum atomic E-state index is 6.33. The lowest BCUT2D eigenvalue weighted by atomic mass is 9.89. The Morgan fingerprint density at radius 2 is 1.84 bits per heavy atom. The Hall–Kier alpha value is -1.33. The molecule has 0 atom stereocenters. The molecule has 4 rings (SSSR count). The van der Waals surface area contributed by atoms with Crippen LogP contribution in [0, 0.1) is 6.92 Å². The van der Waals surface area contributed by atoms with E-state index in [0.29, 0.717) is 10.0 Å². The third kappa shape index (κ3) is 3.02. The fraction of sp³-hybridized carbons (Fsp3) is 0.211. The van der Waals surface area contributed by atoms with E-state index in [1.807, 2.05) is 12.1 Å². The van der Waals surface area contributed by atoms with E-state index in [4.69, 9.17) is 28.2 Å². The van der Waals surface area contributed by atoms with E-state index in [9.17, 15) is 0 Å². The summed E-state index contributed by atoms with van der Waals surface area (Å²) in [7, 11) is 3.46. The molecular formula is C19H16Cl2N2S2. The first kappa shape index (κ1) is 17.1. The van der Waals surface area contributed by atoms with Gasteiger partial charge in [-0.1, -0.05) is 55.5 Å². The van der Waals surface area contributed by atoms with Gasteiger partial charge in [0.15, 0.2) is 0 Å². The van der Waals surface area contributed by atoms with E-state index in [1.165, 1.54) is 21.6 Å². The van der Waals surface area contributed by atoms with Crippen molar-refractivity contribution in [3.05, 3.63) is 61.6 Å². The van der Waals surface area contributed by atoms with E-state index in [2.05, 4.69) is 44.3 Å². The molecule has 0 amide bonds. The molecule has 6 heteroatoms. The molecular weight excluding hydrogens is 391 g/mol. The van der Waals surface area contributed by atoms with Gasteiger partial charge in [0.1, 0.15) is 4.67 Å². The number of nitrogens with one attached hydrogen (secondary N) is 1. The van der Waals surface area contributed by atoms with E-state index < -0.39 is 0 Å². The zero-order chi connectivity index (χ0) is 17.8. The summed E-state index contributed by atoms with van der Waals surface area (Å²) in [6.45, 7) is 6.52. The number of hydrogen-bond donors (Lipinski definition) is 1. The van der Waals surface area contributed by atoms with E-state index in [-0.39, 0.29) is 5.54 Å². The molecule has 1 aliphatic heterocycles. The van der Waals surface area contributed by atoms with Crippen LogP contribution in [-0.2, 0) is 5.54 Å². The maximum Gasteiger partial charge on any atom is 0.135 e. The minimum absolute atomic E-state index is 0.129. The SMILES string of the molecule is Cc1ccc2c(c1)-c1c(ssc1=Nc1ccc(Cl)cc1Cl)C(C)(C)N2. The molecule has 1 N–H and O–H groups in total. The first-order chi connectivity index (χ1) is 11.8. The van der Waals surface area contributed by atoms with Crippen molar-refractivity contribution in [3.8, 4) is 11.1 Å². The Labute approximate surface area is 164 Å². The molecule has 2 heterocycles. The highest BCUT2D eigenvalue weighted by Crippen LogP contribution is 2.45. The molecule has 0 bridgehead atoms. The van der Waals surface area contributed by atoms with Gasteiger partial charge in [-0.15, -0.1) is 0 Å². The van der Waals surface area contributed by atoms with E-state index >= 15 is 0 Å². The van der Waals surface area contributed by atoms with Gasteiger partial charge < -0.3 is 5.32 Å². The van der Waals surface area contributed by atoms with Crippen molar-refractivity contribution in [2.75, 3.05) is 5.32 Å². The second kappa shape index (κ2) is 6.13. The second-order valence-corrected chi connectivity index (χ2v) is 9.65. The summed E-state index contributed by atoms with van der Waals surface area (Å²) in [6.07, 6.45) is 0. The van der Waals surface area contributed by atoms with Crippen LogP contribution >= 0.6 is 43.9 Å². The Morgan fingerprint density at radius 1 is 1.04 bits per heavy atom. The van der Waals surface area contributed by atoms with Crippen molar-refractivity contribution in [2.24, 2.45) is 4.99 Å². The minimum Gasteiger partial charge on any atom is -0.375 e. The maximum absolute atomic E-state index is 6.33. The Balaban J connectivity index is 2.00. The Morgan fingerprint density at radius 3 is 2.60 bits per heavy atom. The summed E-state index contributed by atoms with van der Waals surface area (Å²) in [5.41, 5.74) is 5.41. The predicted molar refractivity (Wildman–Crippen MR) is 111 cm³/mol. The standard InChI is InChI=1S/C19H16Cl2N2S2/c1-10-4-6-14-12(8-10)16-17(19(2,3)23-14)24-25-18(16)22-15-7-5-11(20)9-13(15)21/h4-9,23H,1-3H3. The summed E-state index contributed by atoms with van der Waals surface area (Å²) in [6, 6.07) is 11.9. The molecule has 0 fully saturated rings. The Kier molecular flexibility index (Phi) is 4.19. The van der Waals surface area contributed by atoms with Crippen molar-refractivity contribution in [2.45, 2.75) is 26.3 Å². The van der Waals surface area contributed by atoms with Gasteiger partial charge in [-0.3, -0.25) is 0 Å². The molecule has 0 spiro atoms. The minimum atomic E-state index is -0.129. The number of benzene rings is 2. The van der Waals surface area contributed by atoms with Crippen LogP contribution in [-0.4, -0.2) is 0 Å². The van der Waals surface area contributed by atoms with Crippen LogP contribution in [0.15, 0.2) is 41.4 Å². The molecule has 2 aromatic carbocycles. The van der Waals surface area contributed by atoms with Crippen LogP contribution in [0.25, 0.3) is 11.1 Å². The molecule has 0 radical (unpaired) electrons. The predicted octanol–water partition coefficient (Wildman–Crippen LogP) is 6.98. The third-order valence-electron chi connectivity index (χ3n) is 4.24. The number of hydrogen-bond acceptors (Lipinski definition) is 4. The van der Waals surface area contributed by atoms with Crippen LogP contribution < -0.4 is 9.99 Å². The van der Waals surface area contributed by atoms with Gasteiger partial charge >= 0.3 is 0 Å². The average Bonchev–Trinajstić information content (AvgIpc) is 2.96. The summed E-state index contributed by atoms with van der Waals surface area (Å²) in [5, 5.41) is 4.83. The molecule has 0 saturated carbocycles. The van der Waals surface area contributed by atoms with Crippen molar-refractivity contribution in [1.29, 1.82) is 0 Å². The summed E-state index contributed by atoms with van der Waals surface area (Å²) in [4.78, 5) is 6.16. The lowest BCUT2D eigenvalue weighted by molar-refractivity contribution is 0.619. The number of aryl methyl sites for hydroxylation is 1. The highest BCUT2D eigenvalue weighted by atomic mass is 35.5. The first-order valence-corrected chi connectivity index (χ1v) is 10.8. The van der Waals surface area contributed by atoms with Gasteiger partial charge in [-0.05, 0) is 51.1 Å². The number of halogens is 2. The molecule has 1 aliphatic rings. The van der Waals surface area contributed by atoms with Gasteiger partial charge in [0.2, 0.25) is 0 Å². The number of nitrogens with zero attached hydrogens (tertiary/aromatic N) is 1. The molecule has 0 unspecified atom stereocenters. The number of rotatable bonds is 1.